The Balaban J connectivity index is 1.26. The molecule has 12 heteroatoms. The van der Waals surface area contributed by atoms with E-state index >= 15 is 0 Å². The number of aryl methyl sites for hydroxylation is 1. The smallest absolute Gasteiger partial charge is 0.251 e. The molecule has 1 amide bonds. The molecular formula is C30H31ClN4O6S. The summed E-state index contributed by atoms with van der Waals surface area (Å²) in [6.07, 6.45) is 0.401. The zero-order chi connectivity index (χ0) is 29.7. The predicted octanol–water partition coefficient (Wildman–Crippen LogP) is 4.86. The molecular weight excluding hydrogens is 580 g/mol. The van der Waals surface area contributed by atoms with Gasteiger partial charge in [0.15, 0.2) is 11.5 Å². The van der Waals surface area contributed by atoms with Crippen molar-refractivity contribution in [2.75, 3.05) is 45.4 Å². The van der Waals surface area contributed by atoms with E-state index in [2.05, 4.69) is 15.6 Å². The lowest BCUT2D eigenvalue weighted by atomic mass is 10.1. The van der Waals surface area contributed by atoms with Crippen LogP contribution in [-0.2, 0) is 10.0 Å². The minimum absolute atomic E-state index is 0.124. The second-order valence-corrected chi connectivity index (χ2v) is 12.0. The molecule has 1 aliphatic rings. The summed E-state index contributed by atoms with van der Waals surface area (Å²) in [5, 5.41) is 7.66. The van der Waals surface area contributed by atoms with Gasteiger partial charge in [-0.1, -0.05) is 11.6 Å². The topological polar surface area (TPSA) is 119 Å². The van der Waals surface area contributed by atoms with Crippen molar-refractivity contribution < 1.29 is 27.4 Å². The SMILES string of the molecule is COc1ccc(S(=O)(=O)N(CCCNC(=O)c2ccc3c(c2)OCO3)CCNc2cc(C)nc3ccc(Cl)cc23)cc1. The zero-order valence-corrected chi connectivity index (χ0v) is 24.8. The Kier molecular flexibility index (Phi) is 9.00. The van der Waals surface area contributed by atoms with Crippen LogP contribution in [-0.4, -0.2) is 63.7 Å². The molecule has 0 bridgehead atoms. The summed E-state index contributed by atoms with van der Waals surface area (Å²) in [7, 11) is -2.31. The van der Waals surface area contributed by atoms with Crippen LogP contribution in [0.1, 0.15) is 22.5 Å². The quantitative estimate of drug-likeness (QED) is 0.218. The molecule has 3 aromatic carbocycles. The molecule has 4 aromatic rings. The molecule has 0 spiro atoms. The van der Waals surface area contributed by atoms with E-state index in [9.17, 15) is 13.2 Å². The average molecular weight is 611 g/mol. The largest absolute Gasteiger partial charge is 0.497 e. The third kappa shape index (κ3) is 6.70. The Hall–Kier alpha value is -4.06. The molecule has 42 heavy (non-hydrogen) atoms. The van der Waals surface area contributed by atoms with Gasteiger partial charge in [0.1, 0.15) is 5.75 Å². The molecule has 10 nitrogen and oxygen atoms in total. The Bertz CT molecular complexity index is 1700. The fourth-order valence-electron chi connectivity index (χ4n) is 4.64. The van der Waals surface area contributed by atoms with Crippen molar-refractivity contribution in [1.82, 2.24) is 14.6 Å². The lowest BCUT2D eigenvalue weighted by Gasteiger charge is -2.23. The fourth-order valence-corrected chi connectivity index (χ4v) is 6.29. The highest BCUT2D eigenvalue weighted by Gasteiger charge is 2.24. The highest BCUT2D eigenvalue weighted by molar-refractivity contribution is 7.89. The van der Waals surface area contributed by atoms with Crippen LogP contribution in [0.5, 0.6) is 17.2 Å². The Morgan fingerprint density at radius 1 is 1.00 bits per heavy atom. The van der Waals surface area contributed by atoms with Crippen molar-refractivity contribution in [1.29, 1.82) is 0 Å². The molecule has 0 unspecified atom stereocenters. The summed E-state index contributed by atoms with van der Waals surface area (Å²) in [5.41, 5.74) is 2.87. The van der Waals surface area contributed by atoms with Gasteiger partial charge in [0.2, 0.25) is 16.8 Å². The number of anilines is 1. The lowest BCUT2D eigenvalue weighted by Crippen LogP contribution is -2.37. The number of ether oxygens (including phenoxy) is 3. The minimum atomic E-state index is -3.84. The van der Waals surface area contributed by atoms with Gasteiger partial charge in [0.25, 0.3) is 5.91 Å². The first-order valence-electron chi connectivity index (χ1n) is 13.4. The number of amides is 1. The second-order valence-electron chi connectivity index (χ2n) is 9.66. The van der Waals surface area contributed by atoms with Crippen molar-refractivity contribution in [3.8, 4) is 17.2 Å². The number of sulfonamides is 1. The highest BCUT2D eigenvalue weighted by Crippen LogP contribution is 2.32. The summed E-state index contributed by atoms with van der Waals surface area (Å²) in [4.78, 5) is 17.4. The summed E-state index contributed by atoms with van der Waals surface area (Å²) >= 11 is 6.23. The maximum absolute atomic E-state index is 13.7. The first-order valence-corrected chi connectivity index (χ1v) is 15.2. The number of nitrogens with zero attached hydrogens (tertiary/aromatic N) is 2. The summed E-state index contributed by atoms with van der Waals surface area (Å²) < 4.78 is 44.6. The number of hydrogen-bond donors (Lipinski definition) is 2. The Morgan fingerprint density at radius 2 is 1.79 bits per heavy atom. The summed E-state index contributed by atoms with van der Waals surface area (Å²) in [5.74, 6) is 1.40. The van der Waals surface area contributed by atoms with Crippen molar-refractivity contribution in [2.24, 2.45) is 0 Å². The zero-order valence-electron chi connectivity index (χ0n) is 23.2. The number of rotatable bonds is 12. The second kappa shape index (κ2) is 12.8. The van der Waals surface area contributed by atoms with Crippen molar-refractivity contribution in [2.45, 2.75) is 18.2 Å². The molecule has 1 aromatic heterocycles. The summed E-state index contributed by atoms with van der Waals surface area (Å²) in [6, 6.07) is 18.6. The van der Waals surface area contributed by atoms with E-state index in [4.69, 9.17) is 25.8 Å². The first kappa shape index (κ1) is 29.4. The van der Waals surface area contributed by atoms with Crippen LogP contribution in [0, 0.1) is 6.92 Å². The molecule has 0 saturated heterocycles. The van der Waals surface area contributed by atoms with Crippen LogP contribution >= 0.6 is 11.6 Å². The Labute approximate surface area is 249 Å². The van der Waals surface area contributed by atoms with E-state index in [1.165, 1.54) is 23.5 Å². The van der Waals surface area contributed by atoms with Gasteiger partial charge >= 0.3 is 0 Å². The number of carbonyl (C=O) groups is 1. The van der Waals surface area contributed by atoms with Crippen LogP contribution < -0.4 is 24.8 Å². The minimum Gasteiger partial charge on any atom is -0.497 e. The van der Waals surface area contributed by atoms with Crippen LogP contribution in [0.4, 0.5) is 5.69 Å². The predicted molar refractivity (Wildman–Crippen MR) is 161 cm³/mol. The Morgan fingerprint density at radius 3 is 2.57 bits per heavy atom. The molecule has 5 rings (SSSR count). The van der Waals surface area contributed by atoms with E-state index in [0.29, 0.717) is 40.8 Å². The molecule has 0 aliphatic carbocycles. The van der Waals surface area contributed by atoms with Gasteiger partial charge in [-0.2, -0.15) is 4.31 Å². The third-order valence-corrected chi connectivity index (χ3v) is 8.93. The van der Waals surface area contributed by atoms with E-state index in [1.54, 1.807) is 36.4 Å². The number of methoxy groups -OCH3 is 1. The molecule has 0 fully saturated rings. The number of pyridine rings is 1. The van der Waals surface area contributed by atoms with Crippen LogP contribution in [0.25, 0.3) is 10.9 Å². The van der Waals surface area contributed by atoms with E-state index < -0.39 is 10.0 Å². The number of nitrogens with one attached hydrogen (secondary N) is 2. The van der Waals surface area contributed by atoms with Gasteiger partial charge < -0.3 is 24.8 Å². The fraction of sp³-hybridized carbons (Fsp3) is 0.267. The molecule has 0 saturated carbocycles. The molecule has 2 heterocycles. The average Bonchev–Trinajstić information content (AvgIpc) is 3.46. The van der Waals surface area contributed by atoms with E-state index in [1.807, 2.05) is 25.1 Å². The van der Waals surface area contributed by atoms with Gasteiger partial charge in [0, 0.05) is 53.5 Å². The van der Waals surface area contributed by atoms with Crippen molar-refractivity contribution in [3.05, 3.63) is 83.0 Å². The van der Waals surface area contributed by atoms with Gasteiger partial charge in [-0.15, -0.1) is 0 Å². The first-order chi connectivity index (χ1) is 20.2. The highest BCUT2D eigenvalue weighted by atomic mass is 35.5. The number of benzene rings is 3. The normalized spacial score (nSPS) is 12.5. The standard InChI is InChI=1S/C30H31ClN4O6S/c1-20-16-27(25-18-22(31)5-10-26(25)34-20)32-13-15-35(42(37,38)24-8-6-23(39-2)7-9-24)14-3-12-33-30(36)21-4-11-28-29(17-21)41-19-40-28/h4-11,16-18H,3,12-15,19H2,1-2H3,(H,32,34)(H,33,36). The number of hydrogen-bond acceptors (Lipinski definition) is 8. The number of fused-ring (bicyclic) bond motifs is 2. The van der Waals surface area contributed by atoms with Crippen LogP contribution in [0.3, 0.4) is 0 Å². The van der Waals surface area contributed by atoms with Gasteiger partial charge in [-0.25, -0.2) is 8.42 Å². The van der Waals surface area contributed by atoms with Crippen molar-refractivity contribution in [3.63, 3.8) is 0 Å². The maximum Gasteiger partial charge on any atom is 0.251 e. The molecule has 2 N–H and O–H groups in total. The maximum atomic E-state index is 13.7. The van der Waals surface area contributed by atoms with Gasteiger partial charge in [-0.05, 0) is 80.1 Å². The number of halogens is 1. The van der Waals surface area contributed by atoms with Crippen LogP contribution in [0.2, 0.25) is 5.02 Å². The van der Waals surface area contributed by atoms with E-state index in [0.717, 1.165) is 22.3 Å². The van der Waals surface area contributed by atoms with Crippen LogP contribution in [0.15, 0.2) is 71.6 Å². The lowest BCUT2D eigenvalue weighted by molar-refractivity contribution is 0.0952. The molecule has 220 valence electrons. The number of carbonyl (C=O) groups excluding carboxylic acids is 1. The number of aromatic nitrogens is 1. The van der Waals surface area contributed by atoms with Gasteiger partial charge in [-0.3, -0.25) is 9.78 Å². The molecule has 0 atom stereocenters. The molecule has 1 aliphatic heterocycles. The third-order valence-electron chi connectivity index (χ3n) is 6.78. The van der Waals surface area contributed by atoms with E-state index in [-0.39, 0.29) is 37.2 Å². The molecule has 0 radical (unpaired) electrons. The van der Waals surface area contributed by atoms with Gasteiger partial charge in [0.05, 0.1) is 17.5 Å². The monoisotopic (exact) mass is 610 g/mol. The van der Waals surface area contributed by atoms with Crippen molar-refractivity contribution >= 4 is 44.1 Å². The summed E-state index contributed by atoms with van der Waals surface area (Å²) in [6.45, 7) is 3.02.